The van der Waals surface area contributed by atoms with Crippen molar-refractivity contribution in [1.29, 1.82) is 0 Å². The maximum Gasteiger partial charge on any atom is 0.135 e. The first-order valence-corrected chi connectivity index (χ1v) is 30.2. The first-order chi connectivity index (χ1) is 43.2. The van der Waals surface area contributed by atoms with Crippen LogP contribution in [-0.2, 0) is 10.8 Å². The third kappa shape index (κ3) is 6.50. The molecule has 14 aromatic carbocycles. The van der Waals surface area contributed by atoms with Crippen LogP contribution >= 0.6 is 0 Å². The van der Waals surface area contributed by atoms with E-state index in [1.54, 1.807) is 0 Å². The molecule has 0 saturated carbocycles. The van der Waals surface area contributed by atoms with Crippen molar-refractivity contribution in [3.63, 3.8) is 0 Å². The van der Waals surface area contributed by atoms with Crippen LogP contribution in [0.15, 0.2) is 320 Å². The zero-order valence-electron chi connectivity index (χ0n) is 47.3. The summed E-state index contributed by atoms with van der Waals surface area (Å²) in [4.78, 5) is 2.50. The molecule has 19 rings (SSSR count). The van der Waals surface area contributed by atoms with Crippen LogP contribution in [0.2, 0.25) is 0 Å². The van der Waals surface area contributed by atoms with E-state index in [4.69, 9.17) is 4.42 Å². The third-order valence-corrected chi connectivity index (χ3v) is 19.7. The van der Waals surface area contributed by atoms with E-state index >= 15 is 0 Å². The highest BCUT2D eigenvalue weighted by Gasteiger charge is 2.51. The van der Waals surface area contributed by atoms with Gasteiger partial charge in [0.2, 0.25) is 0 Å². The predicted molar refractivity (Wildman–Crippen MR) is 359 cm³/mol. The summed E-state index contributed by atoms with van der Waals surface area (Å²) in [5.41, 5.74) is 27.6. The van der Waals surface area contributed by atoms with Gasteiger partial charge in [-0.1, -0.05) is 249 Å². The van der Waals surface area contributed by atoms with Crippen LogP contribution < -0.4 is 4.90 Å². The molecule has 16 aromatic rings. The van der Waals surface area contributed by atoms with E-state index < -0.39 is 10.8 Å². The third-order valence-electron chi connectivity index (χ3n) is 19.7. The van der Waals surface area contributed by atoms with Crippen LogP contribution in [-0.4, -0.2) is 4.57 Å². The molecule has 3 nitrogen and oxygen atoms in total. The van der Waals surface area contributed by atoms with E-state index in [0.717, 1.165) is 55.5 Å². The number of para-hydroxylation sites is 4. The van der Waals surface area contributed by atoms with Gasteiger partial charge in [-0.05, 0) is 161 Å². The Morgan fingerprint density at radius 3 is 1.57 bits per heavy atom. The molecule has 0 saturated heterocycles. The molecular weight excluding hydrogens is 1050 g/mol. The molecular formula is C84H52N2O. The minimum atomic E-state index is -0.576. The van der Waals surface area contributed by atoms with Gasteiger partial charge in [0.15, 0.2) is 0 Å². The molecule has 1 unspecified atom stereocenters. The molecule has 0 fully saturated rings. The molecule has 404 valence electrons. The van der Waals surface area contributed by atoms with Gasteiger partial charge in [0.25, 0.3) is 0 Å². The fourth-order valence-electron chi connectivity index (χ4n) is 16.2. The first-order valence-electron chi connectivity index (χ1n) is 30.2. The normalized spacial score (nSPS) is 14.8. The maximum absolute atomic E-state index is 6.28. The highest BCUT2D eigenvalue weighted by molar-refractivity contribution is 6.14. The number of benzene rings is 14. The van der Waals surface area contributed by atoms with Gasteiger partial charge in [0.05, 0.1) is 33.2 Å². The summed E-state index contributed by atoms with van der Waals surface area (Å²) in [5.74, 6) is 0. The molecule has 0 bridgehead atoms. The molecule has 3 heterocycles. The summed E-state index contributed by atoms with van der Waals surface area (Å²) in [6.07, 6.45) is 0. The van der Waals surface area contributed by atoms with E-state index in [2.05, 4.69) is 313 Å². The second kappa shape index (κ2) is 18.1. The average Bonchev–Trinajstić information content (AvgIpc) is 1.56. The molecule has 2 aromatic heterocycles. The molecule has 3 heteroatoms. The van der Waals surface area contributed by atoms with Gasteiger partial charge in [-0.2, -0.15) is 0 Å². The van der Waals surface area contributed by atoms with E-state index in [9.17, 15) is 0 Å². The van der Waals surface area contributed by atoms with E-state index in [1.165, 1.54) is 111 Å². The number of anilines is 3. The lowest BCUT2D eigenvalue weighted by Crippen LogP contribution is -2.33. The van der Waals surface area contributed by atoms with Crippen LogP contribution in [0.4, 0.5) is 17.1 Å². The van der Waals surface area contributed by atoms with Gasteiger partial charge < -0.3 is 13.9 Å². The van der Waals surface area contributed by atoms with Crippen LogP contribution in [0.25, 0.3) is 105 Å². The Morgan fingerprint density at radius 1 is 0.276 bits per heavy atom. The van der Waals surface area contributed by atoms with Gasteiger partial charge >= 0.3 is 0 Å². The fourth-order valence-corrected chi connectivity index (χ4v) is 16.2. The Labute approximate surface area is 503 Å². The van der Waals surface area contributed by atoms with Crippen molar-refractivity contribution in [3.8, 4) is 50.2 Å². The van der Waals surface area contributed by atoms with Gasteiger partial charge in [-0.15, -0.1) is 0 Å². The van der Waals surface area contributed by atoms with Crippen molar-refractivity contribution in [2.75, 3.05) is 4.90 Å². The standard InChI is InChI=1S/C84H52N2O/c1-3-20-56(21-4-1)83(57-22-5-2-6-23-57)71-31-13-9-25-62(71)65-46-44-59(52-76(65)83)85(58-42-38-53(39-43-58)54-41-49-81-70(50-54)68-29-12-18-37-80(68)87-81)78-48-47-60(61-24-7-8-27-66(61)78)55-40-45-64-63-26-10-14-32-72(63)84(75(64)51-55)73-33-15-17-36-79(73)86-77-35-16-11-28-67(77)69-30-19-34-74(84)82(69)86/h1-52H. The van der Waals surface area contributed by atoms with Crippen molar-refractivity contribution in [2.45, 2.75) is 10.8 Å². The van der Waals surface area contributed by atoms with Crippen molar-refractivity contribution >= 4 is 71.6 Å². The monoisotopic (exact) mass is 1100 g/mol. The minimum absolute atomic E-state index is 0.568. The quantitative estimate of drug-likeness (QED) is 0.159. The van der Waals surface area contributed by atoms with Gasteiger partial charge in [-0.3, -0.25) is 0 Å². The van der Waals surface area contributed by atoms with Crippen molar-refractivity contribution in [3.05, 3.63) is 360 Å². The number of hydrogen-bond donors (Lipinski definition) is 0. The summed E-state index contributed by atoms with van der Waals surface area (Å²) >= 11 is 0. The topological polar surface area (TPSA) is 21.3 Å². The van der Waals surface area contributed by atoms with E-state index in [0.29, 0.717) is 0 Å². The van der Waals surface area contributed by atoms with Crippen molar-refractivity contribution in [2.24, 2.45) is 0 Å². The Kier molecular flexibility index (Phi) is 10.0. The number of rotatable bonds is 7. The molecule has 1 spiro atoms. The molecule has 0 N–H and O–H groups in total. The van der Waals surface area contributed by atoms with Crippen LogP contribution in [0.3, 0.4) is 0 Å². The SMILES string of the molecule is c1ccc(C2(c3ccccc3)c3ccccc3-c3ccc(N(c4ccc(-c5ccc6oc7ccccc7c6c5)cc4)c4ccc(-c5ccc6c(c5)C5(c7ccccc7-6)c6ccccc6-n6c7ccccc7c7cccc5c76)c5ccccc45)cc32)cc1. The Hall–Kier alpha value is -11.3. The van der Waals surface area contributed by atoms with Gasteiger partial charge in [-0.25, -0.2) is 0 Å². The second-order valence-corrected chi connectivity index (χ2v) is 23.8. The summed E-state index contributed by atoms with van der Waals surface area (Å²) < 4.78 is 8.81. The average molecular weight is 1110 g/mol. The zero-order valence-corrected chi connectivity index (χ0v) is 47.3. The summed E-state index contributed by atoms with van der Waals surface area (Å²) in [5, 5.41) is 7.14. The van der Waals surface area contributed by atoms with Crippen molar-refractivity contribution in [1.82, 2.24) is 4.57 Å². The van der Waals surface area contributed by atoms with Crippen LogP contribution in [0, 0.1) is 0 Å². The number of furan rings is 1. The predicted octanol–water partition coefficient (Wildman–Crippen LogP) is 21.7. The minimum Gasteiger partial charge on any atom is -0.456 e. The number of nitrogens with zero attached hydrogens (tertiary/aromatic N) is 2. The number of fused-ring (bicyclic) bond motifs is 19. The molecule has 0 amide bonds. The Morgan fingerprint density at radius 2 is 0.805 bits per heavy atom. The van der Waals surface area contributed by atoms with Gasteiger partial charge in [0.1, 0.15) is 11.2 Å². The largest absolute Gasteiger partial charge is 0.456 e. The zero-order chi connectivity index (χ0) is 57.0. The van der Waals surface area contributed by atoms with Gasteiger partial charge in [0, 0.05) is 38.3 Å². The maximum atomic E-state index is 6.28. The number of hydrogen-bond acceptors (Lipinski definition) is 2. The molecule has 1 aliphatic heterocycles. The highest BCUT2D eigenvalue weighted by Crippen LogP contribution is 2.62. The lowest BCUT2D eigenvalue weighted by molar-refractivity contribution is 0.669. The second-order valence-electron chi connectivity index (χ2n) is 23.8. The smallest absolute Gasteiger partial charge is 0.135 e. The summed E-state index contributed by atoms with van der Waals surface area (Å²) in [6, 6.07) is 118. The molecule has 2 aliphatic carbocycles. The Balaban J connectivity index is 0.824. The first kappa shape index (κ1) is 48.1. The summed E-state index contributed by atoms with van der Waals surface area (Å²) in [6.45, 7) is 0. The van der Waals surface area contributed by atoms with Crippen LogP contribution in [0.5, 0.6) is 0 Å². The Bertz CT molecular complexity index is 5500. The summed E-state index contributed by atoms with van der Waals surface area (Å²) in [7, 11) is 0. The lowest BCUT2D eigenvalue weighted by atomic mass is 9.65. The molecule has 1 atom stereocenters. The van der Waals surface area contributed by atoms with E-state index in [1.807, 2.05) is 12.1 Å². The lowest BCUT2D eigenvalue weighted by Gasteiger charge is -2.39. The number of aromatic nitrogens is 1. The molecule has 3 aliphatic rings. The molecule has 87 heavy (non-hydrogen) atoms. The highest BCUT2D eigenvalue weighted by atomic mass is 16.3. The molecule has 0 radical (unpaired) electrons. The van der Waals surface area contributed by atoms with Crippen LogP contribution in [0.1, 0.15) is 44.5 Å². The fraction of sp³-hybridized carbons (Fsp3) is 0.0238. The van der Waals surface area contributed by atoms with E-state index in [-0.39, 0.29) is 0 Å². The van der Waals surface area contributed by atoms with Crippen molar-refractivity contribution < 1.29 is 4.42 Å².